The van der Waals surface area contributed by atoms with Crippen LogP contribution in [-0.2, 0) is 9.53 Å². The molecule has 4 rings (SSSR count). The van der Waals surface area contributed by atoms with Crippen molar-refractivity contribution in [3.63, 3.8) is 0 Å². The molecular weight excluding hydrogens is 436 g/mol. The zero-order valence-electron chi connectivity index (χ0n) is 19.7. The Kier molecular flexibility index (Phi) is 7.25. The molecule has 2 bridgehead atoms. The number of hydrogen-bond acceptors (Lipinski definition) is 6. The highest BCUT2D eigenvalue weighted by Gasteiger charge is 2.46. The first-order chi connectivity index (χ1) is 16.6. The first-order valence-electron chi connectivity index (χ1n) is 11.3. The summed E-state index contributed by atoms with van der Waals surface area (Å²) in [6.45, 7) is 0.721. The lowest BCUT2D eigenvalue weighted by Crippen LogP contribution is -2.51. The summed E-state index contributed by atoms with van der Waals surface area (Å²) >= 11 is 0. The van der Waals surface area contributed by atoms with Crippen molar-refractivity contribution in [2.24, 2.45) is 0 Å². The highest BCUT2D eigenvalue weighted by molar-refractivity contribution is 6.01. The summed E-state index contributed by atoms with van der Waals surface area (Å²) in [5, 5.41) is 2.94. The fraction of sp³-hybridized carbons (Fsp3) is 0.385. The second kappa shape index (κ2) is 10.5. The molecule has 0 aliphatic carbocycles. The SMILES string of the molecule is COC(=O)C1=C(c2ccc(OC)c(OC)c2)CC2CCC1N2C(=O)NCCOc1ccccc1. The van der Waals surface area contributed by atoms with Gasteiger partial charge in [0.15, 0.2) is 11.5 Å². The Morgan fingerprint density at radius 3 is 2.47 bits per heavy atom. The molecule has 2 aromatic rings. The Morgan fingerprint density at radius 1 is 1.00 bits per heavy atom. The number of methoxy groups -OCH3 is 3. The van der Waals surface area contributed by atoms with Crippen molar-refractivity contribution in [3.05, 3.63) is 59.7 Å². The van der Waals surface area contributed by atoms with Gasteiger partial charge in [-0.05, 0) is 54.7 Å². The van der Waals surface area contributed by atoms with E-state index in [1.54, 1.807) is 19.1 Å². The standard InChI is InChI=1S/C26H30N2O6/c1-31-22-12-9-17(15-23(22)32-2)20-16-18-10-11-21(24(20)25(29)33-3)28(18)26(30)27-13-14-34-19-7-5-4-6-8-19/h4-9,12,15,18,21H,10-11,13-14,16H2,1-3H3,(H,27,30). The first kappa shape index (κ1) is 23.5. The number of ether oxygens (including phenoxy) is 4. The van der Waals surface area contributed by atoms with Crippen molar-refractivity contribution in [2.75, 3.05) is 34.5 Å². The van der Waals surface area contributed by atoms with E-state index >= 15 is 0 Å². The number of para-hydroxylation sites is 1. The van der Waals surface area contributed by atoms with E-state index in [1.807, 2.05) is 48.5 Å². The lowest BCUT2D eigenvalue weighted by Gasteiger charge is -2.37. The van der Waals surface area contributed by atoms with Crippen LogP contribution in [0.15, 0.2) is 54.1 Å². The number of carbonyl (C=O) groups is 2. The molecule has 0 saturated carbocycles. The molecule has 2 amide bonds. The predicted octanol–water partition coefficient (Wildman–Crippen LogP) is 3.66. The van der Waals surface area contributed by atoms with E-state index in [9.17, 15) is 9.59 Å². The molecule has 2 aliphatic heterocycles. The van der Waals surface area contributed by atoms with E-state index < -0.39 is 5.97 Å². The second-order valence-corrected chi connectivity index (χ2v) is 8.21. The summed E-state index contributed by atoms with van der Waals surface area (Å²) in [7, 11) is 4.53. The Labute approximate surface area is 199 Å². The molecule has 0 spiro atoms. The molecule has 8 nitrogen and oxygen atoms in total. The van der Waals surface area contributed by atoms with Crippen LogP contribution in [0.25, 0.3) is 5.57 Å². The topological polar surface area (TPSA) is 86.3 Å². The first-order valence-corrected chi connectivity index (χ1v) is 11.3. The highest BCUT2D eigenvalue weighted by atomic mass is 16.5. The molecule has 1 saturated heterocycles. The van der Waals surface area contributed by atoms with E-state index in [-0.39, 0.29) is 18.1 Å². The van der Waals surface area contributed by atoms with Crippen LogP contribution in [0.5, 0.6) is 17.2 Å². The zero-order chi connectivity index (χ0) is 24.1. The zero-order valence-corrected chi connectivity index (χ0v) is 19.7. The van der Waals surface area contributed by atoms with Crippen molar-refractivity contribution in [3.8, 4) is 17.2 Å². The number of amides is 2. The molecule has 2 unspecified atom stereocenters. The van der Waals surface area contributed by atoms with Crippen LogP contribution < -0.4 is 19.5 Å². The van der Waals surface area contributed by atoms with E-state index in [2.05, 4.69) is 5.32 Å². The second-order valence-electron chi connectivity index (χ2n) is 8.21. The van der Waals surface area contributed by atoms with Gasteiger partial charge in [0.2, 0.25) is 0 Å². The number of benzene rings is 2. The summed E-state index contributed by atoms with van der Waals surface area (Å²) in [5.74, 6) is 1.54. The molecule has 8 heteroatoms. The number of fused-ring (bicyclic) bond motifs is 2. The fourth-order valence-electron chi connectivity index (χ4n) is 4.82. The number of esters is 1. The van der Waals surface area contributed by atoms with E-state index in [0.29, 0.717) is 43.1 Å². The average Bonchev–Trinajstić information content (AvgIpc) is 3.19. The van der Waals surface area contributed by atoms with Crippen molar-refractivity contribution in [1.29, 1.82) is 0 Å². The Hall–Kier alpha value is -3.68. The Morgan fingerprint density at radius 2 is 1.76 bits per heavy atom. The number of urea groups is 1. The maximum absolute atomic E-state index is 13.1. The average molecular weight is 467 g/mol. The third-order valence-electron chi connectivity index (χ3n) is 6.36. The van der Waals surface area contributed by atoms with Crippen LogP contribution in [0.2, 0.25) is 0 Å². The molecule has 1 fully saturated rings. The summed E-state index contributed by atoms with van der Waals surface area (Å²) in [4.78, 5) is 27.8. The van der Waals surface area contributed by atoms with Crippen molar-refractivity contribution in [1.82, 2.24) is 10.2 Å². The van der Waals surface area contributed by atoms with Gasteiger partial charge in [-0.25, -0.2) is 9.59 Å². The van der Waals surface area contributed by atoms with Gasteiger partial charge >= 0.3 is 12.0 Å². The van der Waals surface area contributed by atoms with Gasteiger partial charge in [-0.3, -0.25) is 0 Å². The van der Waals surface area contributed by atoms with Gasteiger partial charge in [0.05, 0.1) is 39.5 Å². The van der Waals surface area contributed by atoms with Crippen LogP contribution >= 0.6 is 0 Å². The van der Waals surface area contributed by atoms with Crippen LogP contribution in [-0.4, -0.2) is 63.5 Å². The molecule has 2 aliphatic rings. The van der Waals surface area contributed by atoms with Gasteiger partial charge in [-0.2, -0.15) is 0 Å². The third kappa shape index (κ3) is 4.66. The summed E-state index contributed by atoms with van der Waals surface area (Å²) in [6, 6.07) is 14.5. The van der Waals surface area contributed by atoms with Crippen molar-refractivity contribution < 1.29 is 28.5 Å². The lowest BCUT2D eigenvalue weighted by molar-refractivity contribution is -0.136. The molecule has 1 N–H and O–H groups in total. The van der Waals surface area contributed by atoms with Gasteiger partial charge in [-0.15, -0.1) is 0 Å². The monoisotopic (exact) mass is 466 g/mol. The molecule has 180 valence electrons. The molecule has 2 atom stereocenters. The lowest BCUT2D eigenvalue weighted by atomic mass is 9.88. The number of carbonyl (C=O) groups excluding carboxylic acids is 2. The molecule has 34 heavy (non-hydrogen) atoms. The van der Waals surface area contributed by atoms with Crippen LogP contribution in [0.1, 0.15) is 24.8 Å². The molecule has 2 aromatic carbocycles. The smallest absolute Gasteiger partial charge is 0.336 e. The number of nitrogens with one attached hydrogen (secondary N) is 1. The van der Waals surface area contributed by atoms with Gasteiger partial charge in [0, 0.05) is 6.04 Å². The Bertz CT molecular complexity index is 1070. The van der Waals surface area contributed by atoms with Crippen LogP contribution in [0.3, 0.4) is 0 Å². The third-order valence-corrected chi connectivity index (χ3v) is 6.36. The molecular formula is C26H30N2O6. The van der Waals surface area contributed by atoms with Crippen LogP contribution in [0, 0.1) is 0 Å². The normalized spacial score (nSPS) is 19.0. The van der Waals surface area contributed by atoms with Gasteiger partial charge in [-0.1, -0.05) is 24.3 Å². The largest absolute Gasteiger partial charge is 0.493 e. The van der Waals surface area contributed by atoms with Crippen molar-refractivity contribution in [2.45, 2.75) is 31.3 Å². The minimum absolute atomic E-state index is 0.00320. The van der Waals surface area contributed by atoms with Crippen LogP contribution in [0.4, 0.5) is 4.79 Å². The van der Waals surface area contributed by atoms with Gasteiger partial charge < -0.3 is 29.2 Å². The molecule has 0 radical (unpaired) electrons. The molecule has 2 heterocycles. The van der Waals surface area contributed by atoms with Gasteiger partial charge in [0.25, 0.3) is 0 Å². The fourth-order valence-corrected chi connectivity index (χ4v) is 4.82. The predicted molar refractivity (Wildman–Crippen MR) is 127 cm³/mol. The van der Waals surface area contributed by atoms with E-state index in [4.69, 9.17) is 18.9 Å². The number of hydrogen-bond donors (Lipinski definition) is 1. The maximum atomic E-state index is 13.1. The Balaban J connectivity index is 1.53. The van der Waals surface area contributed by atoms with E-state index in [1.165, 1.54) is 7.11 Å². The minimum Gasteiger partial charge on any atom is -0.493 e. The summed E-state index contributed by atoms with van der Waals surface area (Å²) < 4.78 is 21.6. The van der Waals surface area contributed by atoms with E-state index in [0.717, 1.165) is 23.3 Å². The summed E-state index contributed by atoms with van der Waals surface area (Å²) in [5.41, 5.74) is 2.28. The minimum atomic E-state index is -0.416. The van der Waals surface area contributed by atoms with Crippen molar-refractivity contribution >= 4 is 17.6 Å². The number of nitrogens with zero attached hydrogens (tertiary/aromatic N) is 1. The maximum Gasteiger partial charge on any atom is 0.336 e. The highest BCUT2D eigenvalue weighted by Crippen LogP contribution is 2.44. The molecule has 0 aromatic heterocycles. The quantitative estimate of drug-likeness (QED) is 0.472. The van der Waals surface area contributed by atoms with Gasteiger partial charge in [0.1, 0.15) is 12.4 Å². The summed E-state index contributed by atoms with van der Waals surface area (Å²) in [6.07, 6.45) is 2.08. The number of rotatable bonds is 8.